The molecule has 0 bridgehead atoms. The normalized spacial score (nSPS) is 16.8. The molecule has 1 unspecified atom stereocenters. The van der Waals surface area contributed by atoms with Gasteiger partial charge in [-0.15, -0.1) is 0 Å². The first-order chi connectivity index (χ1) is 8.90. The molecule has 0 N–H and O–H groups in total. The molecule has 3 rings (SSSR count). The largest absolute Gasteiger partial charge is 0.0720 e. The monoisotopic (exact) mass is 234 g/mol. The third-order valence-corrected chi connectivity index (χ3v) is 3.71. The summed E-state index contributed by atoms with van der Waals surface area (Å²) in [4.78, 5) is 0. The number of hydrogen-bond donors (Lipinski definition) is 0. The van der Waals surface area contributed by atoms with Crippen molar-refractivity contribution in [2.45, 2.75) is 25.7 Å². The summed E-state index contributed by atoms with van der Waals surface area (Å²) in [6, 6.07) is 17.6. The van der Waals surface area contributed by atoms with E-state index in [1.54, 1.807) is 0 Å². The van der Waals surface area contributed by atoms with Crippen molar-refractivity contribution >= 4 is 6.08 Å². The smallest absolute Gasteiger partial charge is 0.0281 e. The van der Waals surface area contributed by atoms with Crippen molar-refractivity contribution in [3.05, 3.63) is 76.9 Å². The molecule has 0 radical (unpaired) electrons. The number of benzene rings is 2. The van der Waals surface area contributed by atoms with E-state index < -0.39 is 0 Å². The summed E-state index contributed by atoms with van der Waals surface area (Å²) < 4.78 is 0. The Hall–Kier alpha value is -1.82. The predicted octanol–water partition coefficient (Wildman–Crippen LogP) is 4.80. The van der Waals surface area contributed by atoms with E-state index in [1.807, 2.05) is 0 Å². The van der Waals surface area contributed by atoms with Crippen LogP contribution in [0, 0.1) is 0 Å². The predicted molar refractivity (Wildman–Crippen MR) is 77.8 cm³/mol. The van der Waals surface area contributed by atoms with Gasteiger partial charge in [0.25, 0.3) is 0 Å². The van der Waals surface area contributed by atoms with Crippen LogP contribution in [0.2, 0.25) is 0 Å². The second-order valence-corrected chi connectivity index (χ2v) is 4.91. The molecule has 0 heterocycles. The number of rotatable bonds is 3. The maximum Gasteiger partial charge on any atom is 0.0281 e. The summed E-state index contributed by atoms with van der Waals surface area (Å²) in [5.74, 6) is 0.448. The molecule has 0 fully saturated rings. The Morgan fingerprint density at radius 2 is 1.61 bits per heavy atom. The van der Waals surface area contributed by atoms with Crippen LogP contribution in [-0.2, 0) is 6.42 Å². The van der Waals surface area contributed by atoms with E-state index in [2.05, 4.69) is 67.6 Å². The highest BCUT2D eigenvalue weighted by Crippen LogP contribution is 2.36. The minimum absolute atomic E-state index is 0.448. The van der Waals surface area contributed by atoms with Gasteiger partial charge in [-0.3, -0.25) is 0 Å². The zero-order valence-corrected chi connectivity index (χ0v) is 10.8. The first-order valence-electron chi connectivity index (χ1n) is 6.75. The molecule has 1 aliphatic rings. The van der Waals surface area contributed by atoms with Crippen molar-refractivity contribution < 1.29 is 0 Å². The average Bonchev–Trinajstić information content (AvgIpc) is 2.84. The molecule has 0 spiro atoms. The Kier molecular flexibility index (Phi) is 3.02. The molecule has 0 aromatic heterocycles. The minimum Gasteiger partial charge on any atom is -0.0720 e. The molecule has 2 aromatic carbocycles. The Labute approximate surface area is 109 Å². The van der Waals surface area contributed by atoms with E-state index in [-0.39, 0.29) is 0 Å². The highest BCUT2D eigenvalue weighted by atomic mass is 14.2. The molecule has 1 aliphatic carbocycles. The molecule has 0 saturated carbocycles. The van der Waals surface area contributed by atoms with Crippen molar-refractivity contribution in [3.8, 4) is 0 Å². The first kappa shape index (κ1) is 11.3. The van der Waals surface area contributed by atoms with Gasteiger partial charge in [0, 0.05) is 5.92 Å². The van der Waals surface area contributed by atoms with Gasteiger partial charge in [0.2, 0.25) is 0 Å². The third kappa shape index (κ3) is 1.88. The summed E-state index contributed by atoms with van der Waals surface area (Å²) in [5, 5.41) is 0. The van der Waals surface area contributed by atoms with E-state index in [4.69, 9.17) is 0 Å². The van der Waals surface area contributed by atoms with E-state index in [0.717, 1.165) is 0 Å². The molecule has 0 nitrogen and oxygen atoms in total. The Balaban J connectivity index is 2.05. The molecule has 1 atom stereocenters. The van der Waals surface area contributed by atoms with Crippen molar-refractivity contribution in [2.24, 2.45) is 0 Å². The van der Waals surface area contributed by atoms with Crippen molar-refractivity contribution in [2.75, 3.05) is 0 Å². The standard InChI is InChI=1S/C18H18/c1-2-7-14-8-3-5-10-16(14)18-13-12-15-9-4-6-11-17(15)18/h3-6,8-13,18H,2,7H2,1H3. The molecule has 0 aliphatic heterocycles. The van der Waals surface area contributed by atoms with Crippen LogP contribution in [0.3, 0.4) is 0 Å². The van der Waals surface area contributed by atoms with E-state index in [0.29, 0.717) is 5.92 Å². The lowest BCUT2D eigenvalue weighted by Gasteiger charge is -2.16. The first-order valence-corrected chi connectivity index (χ1v) is 6.75. The zero-order valence-electron chi connectivity index (χ0n) is 10.8. The van der Waals surface area contributed by atoms with Gasteiger partial charge in [0.05, 0.1) is 0 Å². The second-order valence-electron chi connectivity index (χ2n) is 4.91. The number of aryl methyl sites for hydroxylation is 1. The van der Waals surface area contributed by atoms with Crippen LogP contribution in [0.4, 0.5) is 0 Å². The fraction of sp³-hybridized carbons (Fsp3) is 0.222. The van der Waals surface area contributed by atoms with E-state index in [1.165, 1.54) is 35.1 Å². The second kappa shape index (κ2) is 4.81. The molecule has 0 amide bonds. The van der Waals surface area contributed by atoms with Crippen molar-refractivity contribution in [1.29, 1.82) is 0 Å². The van der Waals surface area contributed by atoms with Gasteiger partial charge in [-0.1, -0.05) is 74.0 Å². The number of fused-ring (bicyclic) bond motifs is 1. The van der Waals surface area contributed by atoms with Gasteiger partial charge in [-0.2, -0.15) is 0 Å². The highest BCUT2D eigenvalue weighted by Gasteiger charge is 2.20. The quantitative estimate of drug-likeness (QED) is 0.715. The van der Waals surface area contributed by atoms with Gasteiger partial charge < -0.3 is 0 Å². The van der Waals surface area contributed by atoms with E-state index in [9.17, 15) is 0 Å². The maximum atomic E-state index is 2.33. The lowest BCUT2D eigenvalue weighted by molar-refractivity contribution is 0.888. The fourth-order valence-electron chi connectivity index (χ4n) is 2.86. The summed E-state index contributed by atoms with van der Waals surface area (Å²) >= 11 is 0. The van der Waals surface area contributed by atoms with E-state index >= 15 is 0 Å². The third-order valence-electron chi connectivity index (χ3n) is 3.71. The Morgan fingerprint density at radius 1 is 0.889 bits per heavy atom. The summed E-state index contributed by atoms with van der Waals surface area (Å²) in [7, 11) is 0. The molecule has 0 heteroatoms. The molecule has 2 aromatic rings. The highest BCUT2D eigenvalue weighted by molar-refractivity contribution is 5.65. The SMILES string of the molecule is CCCc1ccccc1C1C=Cc2ccccc21. The fourth-order valence-corrected chi connectivity index (χ4v) is 2.86. The number of hydrogen-bond acceptors (Lipinski definition) is 0. The summed E-state index contributed by atoms with van der Waals surface area (Å²) in [6.07, 6.45) is 6.96. The summed E-state index contributed by atoms with van der Waals surface area (Å²) in [6.45, 7) is 2.25. The van der Waals surface area contributed by atoms with Gasteiger partial charge >= 0.3 is 0 Å². The molecular formula is C18H18. The number of allylic oxidation sites excluding steroid dienone is 1. The van der Waals surface area contributed by atoms with Crippen LogP contribution >= 0.6 is 0 Å². The van der Waals surface area contributed by atoms with Crippen LogP contribution in [0.15, 0.2) is 54.6 Å². The van der Waals surface area contributed by atoms with Gasteiger partial charge in [-0.05, 0) is 28.7 Å². The lowest BCUT2D eigenvalue weighted by Crippen LogP contribution is -2.00. The molecule has 0 saturated heterocycles. The van der Waals surface area contributed by atoms with Crippen molar-refractivity contribution in [1.82, 2.24) is 0 Å². The molecular weight excluding hydrogens is 216 g/mol. The van der Waals surface area contributed by atoms with Gasteiger partial charge in [0.1, 0.15) is 0 Å². The van der Waals surface area contributed by atoms with Crippen LogP contribution in [0.5, 0.6) is 0 Å². The lowest BCUT2D eigenvalue weighted by atomic mass is 9.88. The molecule has 18 heavy (non-hydrogen) atoms. The minimum atomic E-state index is 0.448. The average molecular weight is 234 g/mol. The Morgan fingerprint density at radius 3 is 2.44 bits per heavy atom. The van der Waals surface area contributed by atoms with Crippen LogP contribution in [-0.4, -0.2) is 0 Å². The zero-order chi connectivity index (χ0) is 12.4. The Bertz CT molecular complexity index is 578. The molecule has 90 valence electrons. The van der Waals surface area contributed by atoms with Crippen LogP contribution in [0.25, 0.3) is 6.08 Å². The van der Waals surface area contributed by atoms with Crippen LogP contribution < -0.4 is 0 Å². The van der Waals surface area contributed by atoms with Gasteiger partial charge in [0.15, 0.2) is 0 Å². The summed E-state index contributed by atoms with van der Waals surface area (Å²) in [5.41, 5.74) is 5.78. The van der Waals surface area contributed by atoms with Gasteiger partial charge in [-0.25, -0.2) is 0 Å². The maximum absolute atomic E-state index is 2.33. The topological polar surface area (TPSA) is 0 Å². The van der Waals surface area contributed by atoms with Crippen LogP contribution in [0.1, 0.15) is 41.5 Å². The van der Waals surface area contributed by atoms with Crippen molar-refractivity contribution in [3.63, 3.8) is 0 Å².